The molecule has 0 aliphatic heterocycles. The molecular weight excluding hydrogens is 463 g/mol. The average molecular weight is 487 g/mol. The van der Waals surface area contributed by atoms with Crippen molar-refractivity contribution in [2.24, 2.45) is 0 Å². The van der Waals surface area contributed by atoms with Crippen LogP contribution in [0.25, 0.3) is 0 Å². The number of anilines is 2. The molecule has 10 nitrogen and oxygen atoms in total. The number of nitrogens with one attached hydrogen (secondary N) is 1. The molecule has 0 spiro atoms. The Morgan fingerprint density at radius 1 is 0.969 bits per heavy atom. The third-order valence-corrected chi connectivity index (χ3v) is 4.76. The van der Waals surface area contributed by atoms with E-state index in [2.05, 4.69) is 24.8 Å². The summed E-state index contributed by atoms with van der Waals surface area (Å²) in [5.41, 5.74) is 1.11. The second kappa shape index (κ2) is 12.1. The molecule has 2 aromatic rings. The number of pyridine rings is 2. The molecule has 0 saturated carbocycles. The molecule has 174 valence electrons. The van der Waals surface area contributed by atoms with Gasteiger partial charge in [-0.15, -0.1) is 0 Å². The number of nitrogens with zero attached hydrogens (tertiary/aromatic N) is 3. The van der Waals surface area contributed by atoms with E-state index >= 15 is 0 Å². The maximum absolute atomic E-state index is 11.6. The van der Waals surface area contributed by atoms with Crippen molar-refractivity contribution < 1.29 is 28.6 Å². The highest BCUT2D eigenvalue weighted by atomic mass is 35.5. The second-order valence-electron chi connectivity index (χ2n) is 6.11. The SMILES string of the molecule is CNc1nc(C)c(Cl)cc1C(=O)OC.COC(=O)c1cc(Cl)c(OC)nc1N(C)C(C)=O. The van der Waals surface area contributed by atoms with Gasteiger partial charge in [-0.3, -0.25) is 9.69 Å². The normalized spacial score (nSPS) is 9.78. The Bertz CT molecular complexity index is 1020. The summed E-state index contributed by atoms with van der Waals surface area (Å²) < 4.78 is 14.2. The van der Waals surface area contributed by atoms with Crippen LogP contribution in [0.5, 0.6) is 5.88 Å². The summed E-state index contributed by atoms with van der Waals surface area (Å²) in [6.07, 6.45) is 0. The maximum Gasteiger partial charge on any atom is 0.341 e. The molecule has 0 aliphatic carbocycles. The largest absolute Gasteiger partial charge is 0.480 e. The van der Waals surface area contributed by atoms with Gasteiger partial charge in [0, 0.05) is 21.0 Å². The number of aromatic nitrogens is 2. The summed E-state index contributed by atoms with van der Waals surface area (Å²) in [5.74, 6) is -0.627. The van der Waals surface area contributed by atoms with Gasteiger partial charge >= 0.3 is 11.9 Å². The monoisotopic (exact) mass is 486 g/mol. The Kier molecular flexibility index (Phi) is 10.1. The zero-order chi connectivity index (χ0) is 24.6. The summed E-state index contributed by atoms with van der Waals surface area (Å²) in [7, 11) is 7.11. The molecule has 32 heavy (non-hydrogen) atoms. The van der Waals surface area contributed by atoms with E-state index in [-0.39, 0.29) is 28.2 Å². The van der Waals surface area contributed by atoms with Gasteiger partial charge in [0.25, 0.3) is 0 Å². The molecule has 12 heteroatoms. The van der Waals surface area contributed by atoms with Crippen LogP contribution in [0.15, 0.2) is 12.1 Å². The van der Waals surface area contributed by atoms with Crippen molar-refractivity contribution in [1.29, 1.82) is 0 Å². The van der Waals surface area contributed by atoms with Crippen LogP contribution in [0.1, 0.15) is 33.3 Å². The van der Waals surface area contributed by atoms with Crippen LogP contribution in [-0.4, -0.2) is 63.2 Å². The smallest absolute Gasteiger partial charge is 0.341 e. The minimum atomic E-state index is -0.629. The van der Waals surface area contributed by atoms with E-state index in [1.54, 1.807) is 20.0 Å². The lowest BCUT2D eigenvalue weighted by atomic mass is 10.2. The number of rotatable bonds is 5. The van der Waals surface area contributed by atoms with Crippen molar-refractivity contribution in [3.8, 4) is 5.88 Å². The molecule has 0 fully saturated rings. The van der Waals surface area contributed by atoms with Gasteiger partial charge in [-0.1, -0.05) is 23.2 Å². The quantitative estimate of drug-likeness (QED) is 0.633. The minimum Gasteiger partial charge on any atom is -0.480 e. The molecule has 2 rings (SSSR count). The molecule has 2 aromatic heterocycles. The molecule has 1 amide bonds. The molecule has 0 unspecified atom stereocenters. The lowest BCUT2D eigenvalue weighted by Crippen LogP contribution is -2.26. The topological polar surface area (TPSA) is 120 Å². The third kappa shape index (κ3) is 6.44. The fraction of sp³-hybridized carbons (Fsp3) is 0.350. The Morgan fingerprint density at radius 3 is 1.97 bits per heavy atom. The van der Waals surface area contributed by atoms with Crippen LogP contribution in [0.2, 0.25) is 10.0 Å². The van der Waals surface area contributed by atoms with Gasteiger partial charge in [-0.2, -0.15) is 4.98 Å². The first kappa shape index (κ1) is 26.9. The summed E-state index contributed by atoms with van der Waals surface area (Å²) in [6, 6.07) is 2.90. The first-order valence-electron chi connectivity index (χ1n) is 9.02. The molecule has 0 saturated heterocycles. The Hall–Kier alpha value is -3.11. The van der Waals surface area contributed by atoms with Crippen LogP contribution in [0.3, 0.4) is 0 Å². The second-order valence-corrected chi connectivity index (χ2v) is 6.93. The summed E-state index contributed by atoms with van der Waals surface area (Å²) in [4.78, 5) is 43.6. The number of carbonyl (C=O) groups is 3. The zero-order valence-electron chi connectivity index (χ0n) is 18.7. The molecular formula is C20H24Cl2N4O6. The molecule has 0 aliphatic rings. The van der Waals surface area contributed by atoms with Crippen molar-refractivity contribution >= 4 is 52.7 Å². The Morgan fingerprint density at radius 2 is 1.50 bits per heavy atom. The van der Waals surface area contributed by atoms with Crippen LogP contribution >= 0.6 is 23.2 Å². The lowest BCUT2D eigenvalue weighted by Gasteiger charge is -2.18. The number of hydrogen-bond donors (Lipinski definition) is 1. The highest BCUT2D eigenvalue weighted by Crippen LogP contribution is 2.29. The van der Waals surface area contributed by atoms with Crippen LogP contribution in [0.4, 0.5) is 11.6 Å². The first-order valence-corrected chi connectivity index (χ1v) is 9.78. The van der Waals surface area contributed by atoms with E-state index in [9.17, 15) is 14.4 Å². The van der Waals surface area contributed by atoms with E-state index in [4.69, 9.17) is 27.9 Å². The summed E-state index contributed by atoms with van der Waals surface area (Å²) in [6.45, 7) is 3.12. The van der Waals surface area contributed by atoms with E-state index in [1.807, 2.05) is 0 Å². The first-order chi connectivity index (χ1) is 15.0. The average Bonchev–Trinajstić information content (AvgIpc) is 2.78. The van der Waals surface area contributed by atoms with Gasteiger partial charge in [-0.25, -0.2) is 14.6 Å². The number of methoxy groups -OCH3 is 3. The molecule has 0 radical (unpaired) electrons. The number of halogens is 2. The van der Waals surface area contributed by atoms with Gasteiger partial charge in [0.15, 0.2) is 5.82 Å². The maximum atomic E-state index is 11.6. The van der Waals surface area contributed by atoms with Crippen LogP contribution in [0, 0.1) is 6.92 Å². The summed E-state index contributed by atoms with van der Waals surface area (Å²) in [5, 5.41) is 3.42. The Labute approximate surface area is 195 Å². The highest BCUT2D eigenvalue weighted by molar-refractivity contribution is 6.32. The van der Waals surface area contributed by atoms with Crippen LogP contribution < -0.4 is 15.0 Å². The number of amides is 1. The predicted molar refractivity (Wildman–Crippen MR) is 121 cm³/mol. The van der Waals surface area contributed by atoms with Crippen molar-refractivity contribution in [1.82, 2.24) is 9.97 Å². The van der Waals surface area contributed by atoms with Gasteiger partial charge in [-0.05, 0) is 19.1 Å². The number of aryl methyl sites for hydroxylation is 1. The van der Waals surface area contributed by atoms with E-state index in [1.165, 1.54) is 46.3 Å². The van der Waals surface area contributed by atoms with E-state index in [0.717, 1.165) is 0 Å². The van der Waals surface area contributed by atoms with E-state index < -0.39 is 11.9 Å². The molecule has 2 heterocycles. The van der Waals surface area contributed by atoms with Crippen molar-refractivity contribution in [3.05, 3.63) is 39.0 Å². The van der Waals surface area contributed by atoms with Crippen molar-refractivity contribution in [2.45, 2.75) is 13.8 Å². The molecule has 0 aromatic carbocycles. The van der Waals surface area contributed by atoms with Crippen molar-refractivity contribution in [3.63, 3.8) is 0 Å². The van der Waals surface area contributed by atoms with Gasteiger partial charge in [0.2, 0.25) is 11.8 Å². The summed E-state index contributed by atoms with van der Waals surface area (Å²) >= 11 is 11.7. The van der Waals surface area contributed by atoms with Crippen molar-refractivity contribution in [2.75, 3.05) is 45.6 Å². The minimum absolute atomic E-state index is 0.0981. The predicted octanol–water partition coefficient (Wildman–Crippen LogP) is 3.38. The fourth-order valence-corrected chi connectivity index (χ4v) is 2.69. The Balaban J connectivity index is 0.000000330. The number of hydrogen-bond acceptors (Lipinski definition) is 9. The van der Waals surface area contributed by atoms with Gasteiger partial charge in [0.05, 0.1) is 32.0 Å². The van der Waals surface area contributed by atoms with Crippen LogP contribution in [-0.2, 0) is 14.3 Å². The standard InChI is InChI=1S/C11H13ClN2O4.C9H11ClN2O2/c1-6(15)14(2)9-7(11(16)18-4)5-8(12)10(13-9)17-3;1-5-7(10)4-6(9(13)14-3)8(11-2)12-5/h5H,1-4H3;4H,1-3H3,(H,11,12). The molecule has 1 N–H and O–H groups in total. The third-order valence-electron chi connectivity index (χ3n) is 4.11. The number of ether oxygens (including phenoxy) is 3. The van der Waals surface area contributed by atoms with Gasteiger partial charge < -0.3 is 19.5 Å². The molecule has 0 atom stereocenters. The lowest BCUT2D eigenvalue weighted by molar-refractivity contribution is -0.116. The number of carbonyl (C=O) groups excluding carboxylic acids is 3. The van der Waals surface area contributed by atoms with Gasteiger partial charge in [0.1, 0.15) is 22.0 Å². The fourth-order valence-electron chi connectivity index (χ4n) is 2.31. The van der Waals surface area contributed by atoms with E-state index in [0.29, 0.717) is 22.1 Å². The number of esters is 2. The zero-order valence-corrected chi connectivity index (χ0v) is 20.2. The molecule has 0 bridgehead atoms. The highest BCUT2D eigenvalue weighted by Gasteiger charge is 2.22.